The van der Waals surface area contributed by atoms with Crippen LogP contribution < -0.4 is 5.32 Å². The third kappa shape index (κ3) is 5.92. The van der Waals surface area contributed by atoms with Crippen molar-refractivity contribution in [2.45, 2.75) is 51.9 Å². The summed E-state index contributed by atoms with van der Waals surface area (Å²) < 4.78 is 10.8. The second kappa shape index (κ2) is 8.18. The van der Waals surface area contributed by atoms with Crippen molar-refractivity contribution >= 4 is 6.09 Å². The number of amides is 1. The molecule has 0 spiro atoms. The molecule has 1 aromatic carbocycles. The molecule has 0 aliphatic carbocycles. The van der Waals surface area contributed by atoms with E-state index in [2.05, 4.69) is 5.32 Å². The van der Waals surface area contributed by atoms with Crippen molar-refractivity contribution in [1.29, 1.82) is 0 Å². The highest BCUT2D eigenvalue weighted by Crippen LogP contribution is 2.25. The van der Waals surface area contributed by atoms with Gasteiger partial charge in [0.15, 0.2) is 0 Å². The summed E-state index contributed by atoms with van der Waals surface area (Å²) in [5, 5.41) is 14.6. The highest BCUT2D eigenvalue weighted by molar-refractivity contribution is 5.68. The molecule has 0 aliphatic rings. The molecule has 0 saturated heterocycles. The SMILES string of the molecule is C[C@H](NC(=O)OC(C)(C)C)[C@H](c1ccco1)N(O)Cc1ccccc1. The Morgan fingerprint density at radius 3 is 2.48 bits per heavy atom. The predicted octanol–water partition coefficient (Wildman–Crippen LogP) is 4.13. The molecule has 0 saturated carbocycles. The zero-order valence-electron chi connectivity index (χ0n) is 15.1. The molecule has 2 aromatic rings. The Labute approximate surface area is 148 Å². The van der Waals surface area contributed by atoms with Crippen molar-refractivity contribution in [1.82, 2.24) is 10.4 Å². The maximum Gasteiger partial charge on any atom is 0.407 e. The summed E-state index contributed by atoms with van der Waals surface area (Å²) in [4.78, 5) is 12.1. The van der Waals surface area contributed by atoms with Crippen molar-refractivity contribution < 1.29 is 19.2 Å². The molecule has 2 N–H and O–H groups in total. The molecule has 1 heterocycles. The molecular formula is C19H26N2O4. The number of furan rings is 1. The van der Waals surface area contributed by atoms with Gasteiger partial charge in [-0.25, -0.2) is 4.79 Å². The summed E-state index contributed by atoms with van der Waals surface area (Å²) in [6, 6.07) is 12.1. The number of nitrogens with zero attached hydrogens (tertiary/aromatic N) is 1. The molecular weight excluding hydrogens is 320 g/mol. The second-order valence-electron chi connectivity index (χ2n) is 6.98. The molecule has 136 valence electrons. The highest BCUT2D eigenvalue weighted by Gasteiger charge is 2.30. The summed E-state index contributed by atoms with van der Waals surface area (Å²) in [5.74, 6) is 0.557. The number of hydrogen-bond donors (Lipinski definition) is 2. The van der Waals surface area contributed by atoms with Gasteiger partial charge in [0.25, 0.3) is 0 Å². The number of ether oxygens (including phenoxy) is 1. The zero-order chi connectivity index (χ0) is 18.4. The van der Waals surface area contributed by atoms with Crippen molar-refractivity contribution in [3.8, 4) is 0 Å². The van der Waals surface area contributed by atoms with Gasteiger partial charge in [0.1, 0.15) is 17.4 Å². The van der Waals surface area contributed by atoms with Gasteiger partial charge in [-0.1, -0.05) is 30.3 Å². The van der Waals surface area contributed by atoms with E-state index in [9.17, 15) is 10.0 Å². The van der Waals surface area contributed by atoms with Crippen LogP contribution in [0.5, 0.6) is 0 Å². The fraction of sp³-hybridized carbons (Fsp3) is 0.421. The first kappa shape index (κ1) is 19.0. The molecule has 0 aliphatic heterocycles. The number of hydrogen-bond acceptors (Lipinski definition) is 5. The number of carbonyl (C=O) groups excluding carboxylic acids is 1. The largest absolute Gasteiger partial charge is 0.468 e. The number of nitrogens with one attached hydrogen (secondary N) is 1. The zero-order valence-corrected chi connectivity index (χ0v) is 15.1. The number of alkyl carbamates (subject to hydrolysis) is 1. The number of benzene rings is 1. The van der Waals surface area contributed by atoms with Crippen LogP contribution in [0.3, 0.4) is 0 Å². The number of rotatable bonds is 6. The molecule has 2 atom stereocenters. The molecule has 0 unspecified atom stereocenters. The minimum absolute atomic E-state index is 0.298. The van der Waals surface area contributed by atoms with E-state index in [0.29, 0.717) is 12.3 Å². The molecule has 0 bridgehead atoms. The first-order valence-electron chi connectivity index (χ1n) is 8.28. The summed E-state index contributed by atoms with van der Waals surface area (Å²) in [5.41, 5.74) is 0.360. The smallest absolute Gasteiger partial charge is 0.407 e. The van der Waals surface area contributed by atoms with Crippen molar-refractivity contribution in [3.05, 3.63) is 60.1 Å². The summed E-state index contributed by atoms with van der Waals surface area (Å²) in [6.07, 6.45) is 1.00. The van der Waals surface area contributed by atoms with Gasteiger partial charge in [-0.05, 0) is 45.4 Å². The van der Waals surface area contributed by atoms with Crippen LogP contribution in [0.15, 0.2) is 53.1 Å². The standard InChI is InChI=1S/C19H26N2O4/c1-14(20-18(22)25-19(2,3)4)17(16-11-8-12-24-16)21(23)13-15-9-6-5-7-10-15/h5-12,14,17,23H,13H2,1-4H3,(H,20,22)/t14-,17+/m0/s1. The van der Waals surface area contributed by atoms with Gasteiger partial charge in [-0.3, -0.25) is 0 Å². The predicted molar refractivity (Wildman–Crippen MR) is 94.1 cm³/mol. The van der Waals surface area contributed by atoms with Crippen molar-refractivity contribution in [3.63, 3.8) is 0 Å². The van der Waals surface area contributed by atoms with Crippen LogP contribution in [-0.2, 0) is 11.3 Å². The van der Waals surface area contributed by atoms with E-state index >= 15 is 0 Å². The summed E-state index contributed by atoms with van der Waals surface area (Å²) in [7, 11) is 0. The fourth-order valence-electron chi connectivity index (χ4n) is 2.55. The third-order valence-electron chi connectivity index (χ3n) is 3.56. The monoisotopic (exact) mass is 346 g/mol. The number of carbonyl (C=O) groups is 1. The lowest BCUT2D eigenvalue weighted by atomic mass is 10.1. The van der Waals surface area contributed by atoms with Crippen LogP contribution in [0, 0.1) is 0 Å². The van der Waals surface area contributed by atoms with Crippen molar-refractivity contribution in [2.24, 2.45) is 0 Å². The lowest BCUT2D eigenvalue weighted by molar-refractivity contribution is -0.149. The van der Waals surface area contributed by atoms with Crippen LogP contribution in [-0.4, -0.2) is 28.0 Å². The van der Waals surface area contributed by atoms with Gasteiger partial charge in [-0.2, -0.15) is 5.06 Å². The van der Waals surface area contributed by atoms with Gasteiger partial charge < -0.3 is 19.7 Å². The maximum absolute atomic E-state index is 12.1. The quantitative estimate of drug-likeness (QED) is 0.770. The van der Waals surface area contributed by atoms with E-state index in [0.717, 1.165) is 10.6 Å². The normalized spacial score (nSPS) is 14.2. The average Bonchev–Trinajstić information content (AvgIpc) is 3.00. The topological polar surface area (TPSA) is 74.9 Å². The van der Waals surface area contributed by atoms with E-state index in [1.54, 1.807) is 46.1 Å². The Hall–Kier alpha value is -2.31. The molecule has 2 rings (SSSR count). The van der Waals surface area contributed by atoms with Crippen LogP contribution in [0.25, 0.3) is 0 Å². The van der Waals surface area contributed by atoms with Crippen LogP contribution >= 0.6 is 0 Å². The minimum Gasteiger partial charge on any atom is -0.468 e. The first-order chi connectivity index (χ1) is 11.8. The molecule has 0 radical (unpaired) electrons. The lowest BCUT2D eigenvalue weighted by Crippen LogP contribution is -2.45. The van der Waals surface area contributed by atoms with Gasteiger partial charge in [0, 0.05) is 6.54 Å². The second-order valence-corrected chi connectivity index (χ2v) is 6.98. The first-order valence-corrected chi connectivity index (χ1v) is 8.28. The average molecular weight is 346 g/mol. The molecule has 25 heavy (non-hydrogen) atoms. The summed E-state index contributed by atoms with van der Waals surface area (Å²) in [6.45, 7) is 7.50. The van der Waals surface area contributed by atoms with Gasteiger partial charge in [0.2, 0.25) is 0 Å². The van der Waals surface area contributed by atoms with Gasteiger partial charge in [0.05, 0.1) is 12.3 Å². The van der Waals surface area contributed by atoms with E-state index in [1.165, 1.54) is 0 Å². The number of hydroxylamine groups is 2. The molecule has 1 aromatic heterocycles. The van der Waals surface area contributed by atoms with Gasteiger partial charge in [-0.15, -0.1) is 0 Å². The Kier molecular flexibility index (Phi) is 6.22. The fourth-order valence-corrected chi connectivity index (χ4v) is 2.55. The van der Waals surface area contributed by atoms with E-state index in [1.807, 2.05) is 30.3 Å². The Morgan fingerprint density at radius 1 is 1.24 bits per heavy atom. The third-order valence-corrected chi connectivity index (χ3v) is 3.56. The Balaban J connectivity index is 2.11. The van der Waals surface area contributed by atoms with E-state index in [-0.39, 0.29) is 0 Å². The molecule has 0 fully saturated rings. The molecule has 6 nitrogen and oxygen atoms in total. The molecule has 6 heteroatoms. The van der Waals surface area contributed by atoms with Crippen LogP contribution in [0.1, 0.15) is 45.1 Å². The maximum atomic E-state index is 12.1. The van der Waals surface area contributed by atoms with E-state index in [4.69, 9.17) is 9.15 Å². The highest BCUT2D eigenvalue weighted by atomic mass is 16.6. The van der Waals surface area contributed by atoms with Gasteiger partial charge >= 0.3 is 6.09 Å². The minimum atomic E-state index is -0.590. The Bertz CT molecular complexity index is 650. The lowest BCUT2D eigenvalue weighted by Gasteiger charge is -2.31. The molecule has 1 amide bonds. The van der Waals surface area contributed by atoms with E-state index < -0.39 is 23.8 Å². The summed E-state index contributed by atoms with van der Waals surface area (Å²) >= 11 is 0. The Morgan fingerprint density at radius 2 is 1.92 bits per heavy atom. The van der Waals surface area contributed by atoms with Crippen LogP contribution in [0.4, 0.5) is 4.79 Å². The van der Waals surface area contributed by atoms with Crippen molar-refractivity contribution in [2.75, 3.05) is 0 Å². The van der Waals surface area contributed by atoms with Crippen LogP contribution in [0.2, 0.25) is 0 Å².